The van der Waals surface area contributed by atoms with E-state index >= 15 is 0 Å². The third-order valence-corrected chi connectivity index (χ3v) is 12.9. The van der Waals surface area contributed by atoms with Crippen LogP contribution in [-0.2, 0) is 34.1 Å². The standard InChI is InChI=1S/C51H58ClFN4O10/c1-3-26-65-51-47(56(50(60)63-27-23-52)31-35-13-17-38(53)18-14-35)30-45(55-66-32-36-15-19-40(20-16-36)57(61)62)43-28-37(10-4-6-24-58)42(12-5-7-25-59)48(49(43)51)44-29-41(21-22-46(44)67-51)64-33-39-11-8-9-34(2)54-39/h3,8-9,11,13-22,28-29,37,42,47-49,58-59H,1,4-7,10,12,23-27,30-33H2,2H3. The minimum atomic E-state index is -1.60. The number of aromatic nitrogens is 1. The average Bonchev–Trinajstić information content (AvgIpc) is 3.33. The number of hydrogen-bond donors (Lipinski definition) is 2. The van der Waals surface area contributed by atoms with E-state index in [4.69, 9.17) is 40.5 Å². The van der Waals surface area contributed by atoms with Crippen molar-refractivity contribution < 1.29 is 48.1 Å². The number of amides is 1. The highest BCUT2D eigenvalue weighted by Crippen LogP contribution is 2.62. The minimum absolute atomic E-state index is 0.0117. The van der Waals surface area contributed by atoms with Gasteiger partial charge in [-0.25, -0.2) is 9.18 Å². The summed E-state index contributed by atoms with van der Waals surface area (Å²) >= 11 is 6.08. The third-order valence-electron chi connectivity index (χ3n) is 12.7. The maximum atomic E-state index is 14.6. The molecule has 67 heavy (non-hydrogen) atoms. The maximum absolute atomic E-state index is 14.6. The largest absolute Gasteiger partial charge is 0.487 e. The summed E-state index contributed by atoms with van der Waals surface area (Å²) in [5.74, 6) is -1.95. The van der Waals surface area contributed by atoms with E-state index < -0.39 is 34.6 Å². The van der Waals surface area contributed by atoms with Crippen LogP contribution in [0.1, 0.15) is 78.9 Å². The molecule has 1 fully saturated rings. The van der Waals surface area contributed by atoms with E-state index in [1.807, 2.05) is 43.3 Å². The molecule has 0 bridgehead atoms. The number of rotatable bonds is 23. The molecule has 3 aliphatic rings. The van der Waals surface area contributed by atoms with Crippen LogP contribution >= 0.6 is 11.6 Å². The number of carbonyl (C=O) groups excluding carboxylic acids is 1. The molecule has 0 saturated heterocycles. The van der Waals surface area contributed by atoms with Crippen molar-refractivity contribution >= 4 is 29.1 Å². The molecule has 0 radical (unpaired) electrons. The van der Waals surface area contributed by atoms with Crippen molar-refractivity contribution in [1.82, 2.24) is 9.88 Å². The zero-order chi connectivity index (χ0) is 47.3. The van der Waals surface area contributed by atoms with E-state index in [-0.39, 0.29) is 81.9 Å². The molecule has 2 N–H and O–H groups in total. The molecule has 6 unspecified atom stereocenters. The summed E-state index contributed by atoms with van der Waals surface area (Å²) in [4.78, 5) is 37.8. The Morgan fingerprint density at radius 2 is 1.78 bits per heavy atom. The van der Waals surface area contributed by atoms with Gasteiger partial charge in [-0.1, -0.05) is 48.3 Å². The molecule has 356 valence electrons. The van der Waals surface area contributed by atoms with E-state index in [0.29, 0.717) is 41.2 Å². The second-order valence-electron chi connectivity index (χ2n) is 17.1. The summed E-state index contributed by atoms with van der Waals surface area (Å²) in [5.41, 5.74) is 5.05. The summed E-state index contributed by atoms with van der Waals surface area (Å²) in [6, 6.07) is 22.4. The lowest BCUT2D eigenvalue weighted by Crippen LogP contribution is -2.70. The topological polar surface area (TPSA) is 175 Å². The van der Waals surface area contributed by atoms with Crippen LogP contribution in [0, 0.1) is 40.6 Å². The quantitative estimate of drug-likeness (QED) is 0.0238. The zero-order valence-electron chi connectivity index (χ0n) is 37.6. The van der Waals surface area contributed by atoms with Crippen LogP contribution in [-0.4, -0.2) is 81.0 Å². The molecule has 1 amide bonds. The normalized spacial score (nSPS) is 22.1. The number of ether oxygens (including phenoxy) is 4. The minimum Gasteiger partial charge on any atom is -0.487 e. The van der Waals surface area contributed by atoms with Crippen LogP contribution in [0.5, 0.6) is 11.5 Å². The van der Waals surface area contributed by atoms with Gasteiger partial charge in [-0.2, -0.15) is 0 Å². The number of aliphatic hydroxyl groups excluding tert-OH is 2. The summed E-state index contributed by atoms with van der Waals surface area (Å²) in [5, 5.41) is 36.2. The lowest BCUT2D eigenvalue weighted by Gasteiger charge is -2.59. The highest BCUT2D eigenvalue weighted by molar-refractivity contribution is 6.18. The molecule has 0 spiro atoms. The maximum Gasteiger partial charge on any atom is 0.410 e. The van der Waals surface area contributed by atoms with Crippen LogP contribution in [0.25, 0.3) is 0 Å². The number of benzene rings is 3. The smallest absolute Gasteiger partial charge is 0.410 e. The Labute approximate surface area is 395 Å². The van der Waals surface area contributed by atoms with Crippen molar-refractivity contribution in [1.29, 1.82) is 0 Å². The number of carbonyl (C=O) groups is 1. The Bertz CT molecular complexity index is 2380. The van der Waals surface area contributed by atoms with E-state index in [9.17, 15) is 29.5 Å². The lowest BCUT2D eigenvalue weighted by molar-refractivity contribution is -0.384. The first-order valence-electron chi connectivity index (χ1n) is 22.8. The number of oxime groups is 1. The van der Waals surface area contributed by atoms with Crippen LogP contribution in [0.3, 0.4) is 0 Å². The molecule has 4 aromatic rings. The van der Waals surface area contributed by atoms with Gasteiger partial charge in [-0.05, 0) is 116 Å². The number of nitro groups is 1. The molecule has 3 aromatic carbocycles. The lowest BCUT2D eigenvalue weighted by atomic mass is 9.55. The van der Waals surface area contributed by atoms with E-state index in [0.717, 1.165) is 48.2 Å². The van der Waals surface area contributed by atoms with Gasteiger partial charge in [0.05, 0.1) is 34.7 Å². The van der Waals surface area contributed by atoms with Gasteiger partial charge in [0.15, 0.2) is 0 Å². The molecule has 6 atom stereocenters. The van der Waals surface area contributed by atoms with E-state index in [1.54, 1.807) is 30.3 Å². The number of nitro benzene ring substituents is 1. The molecule has 14 nitrogen and oxygen atoms in total. The number of hydrogen-bond acceptors (Lipinski definition) is 12. The van der Waals surface area contributed by atoms with Gasteiger partial charge in [-0.3, -0.25) is 20.0 Å². The highest BCUT2D eigenvalue weighted by atomic mass is 35.5. The number of alkyl halides is 1. The molecule has 16 heteroatoms. The Kier molecular flexibility index (Phi) is 17.0. The second kappa shape index (κ2) is 23.2. The summed E-state index contributed by atoms with van der Waals surface area (Å²) in [6.45, 7) is 6.14. The predicted molar refractivity (Wildman–Crippen MR) is 250 cm³/mol. The SMILES string of the molecule is C=CCOC12Oc3ccc(OCc4cccc(C)n4)cc3C3C(CCCCO)C(CCCCO)C=C(C(=NOCc4ccc([N+](=O)[O-])cc4)CC1N(Cc1ccc(F)cc1)C(=O)OCCCl)C32. The fraction of sp³-hybridized carbons (Fsp3) is 0.431. The molecule has 1 aliphatic heterocycles. The average molecular weight is 941 g/mol. The summed E-state index contributed by atoms with van der Waals surface area (Å²) < 4.78 is 40.9. The predicted octanol–water partition coefficient (Wildman–Crippen LogP) is 9.73. The van der Waals surface area contributed by atoms with Crippen molar-refractivity contribution in [2.75, 3.05) is 32.3 Å². The number of unbranched alkanes of at least 4 members (excludes halogenated alkanes) is 2. The summed E-state index contributed by atoms with van der Waals surface area (Å²) in [7, 11) is 0. The van der Waals surface area contributed by atoms with Crippen LogP contribution < -0.4 is 9.47 Å². The van der Waals surface area contributed by atoms with Crippen molar-refractivity contribution in [2.45, 2.75) is 89.4 Å². The van der Waals surface area contributed by atoms with Gasteiger partial charge >= 0.3 is 6.09 Å². The van der Waals surface area contributed by atoms with Crippen molar-refractivity contribution in [3.63, 3.8) is 0 Å². The third kappa shape index (κ3) is 11.6. The number of allylic oxidation sites excluding steroid dienone is 1. The molecule has 2 aliphatic carbocycles. The van der Waals surface area contributed by atoms with Crippen molar-refractivity contribution in [2.24, 2.45) is 22.9 Å². The number of non-ortho nitro benzene ring substituents is 1. The molecule has 1 saturated carbocycles. The number of aryl methyl sites for hydroxylation is 1. The Hall–Kier alpha value is -5.87. The van der Waals surface area contributed by atoms with Crippen LogP contribution in [0.4, 0.5) is 14.9 Å². The first-order chi connectivity index (χ1) is 32.6. The Morgan fingerprint density at radius 3 is 2.48 bits per heavy atom. The van der Waals surface area contributed by atoms with E-state index in [1.165, 1.54) is 29.2 Å². The Morgan fingerprint density at radius 1 is 1.03 bits per heavy atom. The number of pyridine rings is 1. The van der Waals surface area contributed by atoms with Crippen LogP contribution in [0.15, 0.2) is 114 Å². The highest BCUT2D eigenvalue weighted by Gasteiger charge is 2.65. The number of fused-ring (bicyclic) bond motifs is 2. The molecule has 1 aromatic heterocycles. The van der Waals surface area contributed by atoms with E-state index in [2.05, 4.69) is 17.6 Å². The fourth-order valence-electron chi connectivity index (χ4n) is 9.77. The van der Waals surface area contributed by atoms with Gasteiger partial charge in [0, 0.05) is 55.5 Å². The molecular formula is C51H58ClFN4O10. The number of aliphatic hydroxyl groups is 2. The monoisotopic (exact) mass is 940 g/mol. The van der Waals surface area contributed by atoms with Gasteiger partial charge < -0.3 is 34.0 Å². The Balaban J connectivity index is 1.43. The molecule has 7 rings (SSSR count). The second-order valence-corrected chi connectivity index (χ2v) is 17.5. The van der Waals surface area contributed by atoms with Crippen LogP contribution in [0.2, 0.25) is 0 Å². The van der Waals surface area contributed by atoms with Gasteiger partial charge in [0.25, 0.3) is 5.69 Å². The first-order valence-corrected chi connectivity index (χ1v) is 23.3. The molecular weight excluding hydrogens is 883 g/mol. The van der Waals surface area contributed by atoms with Crippen molar-refractivity contribution in [3.05, 3.63) is 153 Å². The number of halogens is 2. The van der Waals surface area contributed by atoms with Crippen molar-refractivity contribution in [3.8, 4) is 11.5 Å². The van der Waals surface area contributed by atoms with Gasteiger partial charge in [0.1, 0.15) is 43.2 Å². The molecule has 2 heterocycles. The zero-order valence-corrected chi connectivity index (χ0v) is 38.4. The van der Waals surface area contributed by atoms with Gasteiger partial charge in [0.2, 0.25) is 5.79 Å². The first kappa shape index (κ1) is 49.0. The summed E-state index contributed by atoms with van der Waals surface area (Å²) in [6.07, 6.45) is 7.34. The number of nitrogens with zero attached hydrogens (tertiary/aromatic N) is 4. The fourth-order valence-corrected chi connectivity index (χ4v) is 9.85. The van der Waals surface area contributed by atoms with Gasteiger partial charge in [-0.15, -0.1) is 18.2 Å².